The summed E-state index contributed by atoms with van der Waals surface area (Å²) in [5.41, 5.74) is 12.4. The molecule has 1 aliphatic carbocycles. The average Bonchev–Trinajstić information content (AvgIpc) is 2.11. The first-order chi connectivity index (χ1) is 6.20. The van der Waals surface area contributed by atoms with Gasteiger partial charge in [0.15, 0.2) is 5.11 Å². The lowest BCUT2D eigenvalue weighted by molar-refractivity contribution is 0.113. The van der Waals surface area contributed by atoms with Crippen LogP contribution in [0.5, 0.6) is 0 Å². The van der Waals surface area contributed by atoms with Crippen molar-refractivity contribution in [1.82, 2.24) is 21.7 Å². The summed E-state index contributed by atoms with van der Waals surface area (Å²) in [6, 6.07) is 0. The fourth-order valence-electron chi connectivity index (χ4n) is 2.19. The predicted molar refractivity (Wildman–Crippen MR) is 55.5 cm³/mol. The molecule has 2 aliphatic rings. The van der Waals surface area contributed by atoms with Crippen LogP contribution >= 0.6 is 12.2 Å². The molecule has 13 heavy (non-hydrogen) atoms. The lowest BCUT2D eigenvalue weighted by Gasteiger charge is -2.44. The van der Waals surface area contributed by atoms with Crippen LogP contribution in [0.3, 0.4) is 0 Å². The number of rotatable bonds is 0. The molecular formula is C8H16N4S. The van der Waals surface area contributed by atoms with Gasteiger partial charge in [-0.1, -0.05) is 13.3 Å². The van der Waals surface area contributed by atoms with E-state index in [2.05, 4.69) is 28.6 Å². The summed E-state index contributed by atoms with van der Waals surface area (Å²) in [6.45, 7) is 2.29. The zero-order valence-electron chi connectivity index (χ0n) is 7.81. The zero-order chi connectivity index (χ0) is 9.31. The van der Waals surface area contributed by atoms with Crippen molar-refractivity contribution in [2.45, 2.75) is 38.3 Å². The van der Waals surface area contributed by atoms with E-state index in [0.717, 1.165) is 18.8 Å². The maximum Gasteiger partial charge on any atom is 0.195 e. The molecule has 1 saturated carbocycles. The highest BCUT2D eigenvalue weighted by Crippen LogP contribution is 2.29. The summed E-state index contributed by atoms with van der Waals surface area (Å²) >= 11 is 4.94. The van der Waals surface area contributed by atoms with E-state index >= 15 is 0 Å². The third kappa shape index (κ3) is 1.92. The second-order valence-electron chi connectivity index (χ2n) is 4.11. The van der Waals surface area contributed by atoms with Gasteiger partial charge in [-0.25, -0.2) is 10.9 Å². The Morgan fingerprint density at radius 2 is 2.08 bits per heavy atom. The van der Waals surface area contributed by atoms with Gasteiger partial charge in [-0.15, -0.1) is 0 Å². The van der Waals surface area contributed by atoms with Crippen LogP contribution in [0.1, 0.15) is 32.6 Å². The highest BCUT2D eigenvalue weighted by molar-refractivity contribution is 7.80. The van der Waals surface area contributed by atoms with Crippen LogP contribution in [0.2, 0.25) is 0 Å². The summed E-state index contributed by atoms with van der Waals surface area (Å²) in [4.78, 5) is 0. The van der Waals surface area contributed by atoms with Crippen molar-refractivity contribution in [3.8, 4) is 0 Å². The van der Waals surface area contributed by atoms with E-state index in [0.29, 0.717) is 5.11 Å². The maximum absolute atomic E-state index is 4.94. The van der Waals surface area contributed by atoms with E-state index in [4.69, 9.17) is 12.2 Å². The molecule has 1 unspecified atom stereocenters. The van der Waals surface area contributed by atoms with E-state index in [9.17, 15) is 0 Å². The van der Waals surface area contributed by atoms with Gasteiger partial charge >= 0.3 is 0 Å². The zero-order valence-corrected chi connectivity index (χ0v) is 8.63. The molecule has 1 heterocycles. The Balaban J connectivity index is 1.99. The SMILES string of the molecule is CC1CCCC2(C1)NNC(=S)NN2. The largest absolute Gasteiger partial charge is 0.295 e. The molecule has 2 fully saturated rings. The molecule has 0 aromatic heterocycles. The molecule has 2 rings (SSSR count). The van der Waals surface area contributed by atoms with E-state index in [1.54, 1.807) is 0 Å². The van der Waals surface area contributed by atoms with Crippen molar-refractivity contribution < 1.29 is 0 Å². The van der Waals surface area contributed by atoms with Gasteiger partial charge < -0.3 is 0 Å². The highest BCUT2D eigenvalue weighted by Gasteiger charge is 2.36. The van der Waals surface area contributed by atoms with Gasteiger partial charge in [-0.05, 0) is 37.4 Å². The minimum absolute atomic E-state index is 0.0000231. The molecule has 4 N–H and O–H groups in total. The Hall–Kier alpha value is -0.390. The topological polar surface area (TPSA) is 48.1 Å². The Kier molecular flexibility index (Phi) is 2.40. The molecule has 0 amide bonds. The van der Waals surface area contributed by atoms with E-state index < -0.39 is 0 Å². The third-order valence-corrected chi connectivity index (χ3v) is 3.03. The maximum atomic E-state index is 4.94. The average molecular weight is 200 g/mol. The van der Waals surface area contributed by atoms with Crippen LogP contribution < -0.4 is 21.7 Å². The van der Waals surface area contributed by atoms with Gasteiger partial charge in [0.05, 0.1) is 0 Å². The molecule has 0 radical (unpaired) electrons. The normalized spacial score (nSPS) is 32.4. The van der Waals surface area contributed by atoms with E-state index in [-0.39, 0.29) is 5.66 Å². The molecule has 0 bridgehead atoms. The summed E-state index contributed by atoms with van der Waals surface area (Å²) < 4.78 is 0. The monoisotopic (exact) mass is 200 g/mol. The molecule has 1 atom stereocenters. The highest BCUT2D eigenvalue weighted by atomic mass is 32.1. The van der Waals surface area contributed by atoms with E-state index in [1.165, 1.54) is 12.8 Å². The first-order valence-corrected chi connectivity index (χ1v) is 5.21. The summed E-state index contributed by atoms with van der Waals surface area (Å²) in [7, 11) is 0. The van der Waals surface area contributed by atoms with Crippen LogP contribution in [0.4, 0.5) is 0 Å². The smallest absolute Gasteiger partial charge is 0.195 e. The molecule has 1 saturated heterocycles. The first kappa shape index (κ1) is 9.18. The number of thiocarbonyl (C=S) groups is 1. The Labute approximate surface area is 83.8 Å². The fraction of sp³-hybridized carbons (Fsp3) is 0.875. The minimum Gasteiger partial charge on any atom is -0.295 e. The van der Waals surface area contributed by atoms with Gasteiger partial charge in [0.1, 0.15) is 5.66 Å². The molecule has 1 aliphatic heterocycles. The van der Waals surface area contributed by atoms with E-state index in [1.807, 2.05) is 0 Å². The molecule has 0 aromatic carbocycles. The standard InChI is InChI=1S/C8H16N4S/c1-6-3-2-4-8(5-6)11-9-7(13)10-12-8/h6,11-12H,2-5H2,1H3,(H2,9,10,13). The fourth-order valence-corrected chi connectivity index (χ4v) is 2.30. The Morgan fingerprint density at radius 3 is 2.69 bits per heavy atom. The van der Waals surface area contributed by atoms with Crippen molar-refractivity contribution in [2.75, 3.05) is 0 Å². The van der Waals surface area contributed by atoms with Crippen LogP contribution in [-0.4, -0.2) is 10.8 Å². The van der Waals surface area contributed by atoms with Crippen molar-refractivity contribution in [3.05, 3.63) is 0 Å². The van der Waals surface area contributed by atoms with Gasteiger partial charge in [-0.2, -0.15) is 0 Å². The van der Waals surface area contributed by atoms with Crippen molar-refractivity contribution in [1.29, 1.82) is 0 Å². The van der Waals surface area contributed by atoms with Crippen LogP contribution in [0.15, 0.2) is 0 Å². The van der Waals surface area contributed by atoms with Gasteiger partial charge in [0.2, 0.25) is 0 Å². The Bertz CT molecular complexity index is 208. The molecule has 4 nitrogen and oxygen atoms in total. The van der Waals surface area contributed by atoms with Crippen molar-refractivity contribution >= 4 is 17.3 Å². The van der Waals surface area contributed by atoms with Gasteiger partial charge in [0.25, 0.3) is 0 Å². The summed E-state index contributed by atoms with van der Waals surface area (Å²) in [6.07, 6.45) is 4.86. The van der Waals surface area contributed by atoms with Crippen LogP contribution in [0, 0.1) is 5.92 Å². The molecular weight excluding hydrogens is 184 g/mol. The second-order valence-corrected chi connectivity index (χ2v) is 4.52. The summed E-state index contributed by atoms with van der Waals surface area (Å²) in [5, 5.41) is 0.615. The number of nitrogens with one attached hydrogen (secondary N) is 4. The molecule has 5 heteroatoms. The quantitative estimate of drug-likeness (QED) is 0.426. The minimum atomic E-state index is -0.0000231. The first-order valence-electron chi connectivity index (χ1n) is 4.81. The lowest BCUT2D eigenvalue weighted by Crippen LogP contribution is -2.74. The van der Waals surface area contributed by atoms with Crippen molar-refractivity contribution in [2.24, 2.45) is 5.92 Å². The van der Waals surface area contributed by atoms with Crippen molar-refractivity contribution in [3.63, 3.8) is 0 Å². The number of hydrazine groups is 2. The third-order valence-electron chi connectivity index (χ3n) is 2.83. The number of hydrogen-bond acceptors (Lipinski definition) is 3. The van der Waals surface area contributed by atoms with Gasteiger partial charge in [-0.3, -0.25) is 10.9 Å². The van der Waals surface area contributed by atoms with Crippen LogP contribution in [0.25, 0.3) is 0 Å². The second kappa shape index (κ2) is 3.40. The summed E-state index contributed by atoms with van der Waals surface area (Å²) in [5.74, 6) is 0.768. The predicted octanol–water partition coefficient (Wildman–Crippen LogP) is 0.380. The molecule has 74 valence electrons. The lowest BCUT2D eigenvalue weighted by atomic mass is 9.83. The Morgan fingerprint density at radius 1 is 1.38 bits per heavy atom. The molecule has 1 spiro atoms. The van der Waals surface area contributed by atoms with Gasteiger partial charge in [0, 0.05) is 0 Å². The number of hydrogen-bond donors (Lipinski definition) is 4. The molecule has 0 aromatic rings. The van der Waals surface area contributed by atoms with Crippen LogP contribution in [-0.2, 0) is 0 Å².